The number of carbonyl (C=O) groups excluding carboxylic acids is 2. The molecular weight excluding hydrogens is 455 g/mol. The van der Waals surface area contributed by atoms with Crippen molar-refractivity contribution in [1.29, 1.82) is 0 Å². The number of nitrogens with zero attached hydrogens (tertiary/aromatic N) is 4. The monoisotopic (exact) mass is 479 g/mol. The normalized spacial score (nSPS) is 17.3. The summed E-state index contributed by atoms with van der Waals surface area (Å²) in [6, 6.07) is 4.08. The summed E-state index contributed by atoms with van der Waals surface area (Å²) in [5, 5.41) is 11.4. The first kappa shape index (κ1) is 23.7. The van der Waals surface area contributed by atoms with Crippen molar-refractivity contribution >= 4 is 23.1 Å². The number of H-pyrrole nitrogens is 1. The van der Waals surface area contributed by atoms with Crippen LogP contribution in [0.3, 0.4) is 0 Å². The number of aromatic amines is 1. The Morgan fingerprint density at radius 2 is 1.71 bits per heavy atom. The van der Waals surface area contributed by atoms with Crippen molar-refractivity contribution in [2.75, 3.05) is 50.7 Å². The number of amides is 1. The van der Waals surface area contributed by atoms with Gasteiger partial charge in [-0.2, -0.15) is 13.2 Å². The van der Waals surface area contributed by atoms with Crippen LogP contribution in [0.25, 0.3) is 0 Å². The molecule has 0 spiro atoms. The second-order valence-electron chi connectivity index (χ2n) is 8.45. The molecule has 2 saturated heterocycles. The van der Waals surface area contributed by atoms with Gasteiger partial charge in [-0.1, -0.05) is 0 Å². The molecule has 34 heavy (non-hydrogen) atoms. The highest BCUT2D eigenvalue weighted by Crippen LogP contribution is 2.36. The Labute approximate surface area is 193 Å². The molecule has 2 aliphatic heterocycles. The number of nitrogens with one attached hydrogen (secondary N) is 1. The van der Waals surface area contributed by atoms with Crippen molar-refractivity contribution in [3.05, 3.63) is 57.4 Å². The molecule has 182 valence electrons. The first-order valence-corrected chi connectivity index (χ1v) is 11.0. The molecule has 0 unspecified atom stereocenters. The van der Waals surface area contributed by atoms with Gasteiger partial charge in [0.1, 0.15) is 11.4 Å². The highest BCUT2D eigenvalue weighted by molar-refractivity contribution is 6.01. The Balaban J connectivity index is 1.36. The predicted octanol–water partition coefficient (Wildman–Crippen LogP) is 3.18. The number of Topliss-reactive ketones (excluding diaryl/α,β-unsaturated/α-hetero) is 1. The van der Waals surface area contributed by atoms with Gasteiger partial charge in [0.2, 0.25) is 0 Å². The highest BCUT2D eigenvalue weighted by Gasteiger charge is 2.34. The molecule has 1 N–H and O–H groups in total. The van der Waals surface area contributed by atoms with E-state index in [1.807, 2.05) is 4.90 Å². The van der Waals surface area contributed by atoms with Gasteiger partial charge in [0.05, 0.1) is 17.0 Å². The summed E-state index contributed by atoms with van der Waals surface area (Å²) in [6.07, 6.45) is -1.20. The molecule has 12 heteroatoms. The summed E-state index contributed by atoms with van der Waals surface area (Å²) in [4.78, 5) is 43.9. The fraction of sp³-hybridized carbons (Fsp3) is 0.455. The number of aromatic nitrogens is 1. The zero-order chi connectivity index (χ0) is 24.5. The van der Waals surface area contributed by atoms with Crippen LogP contribution in [0.5, 0.6) is 0 Å². The maximum atomic E-state index is 12.9. The molecule has 0 saturated carbocycles. The molecular formula is C22H24F3N5O4. The van der Waals surface area contributed by atoms with E-state index in [0.717, 1.165) is 25.0 Å². The number of rotatable bonds is 6. The first-order valence-electron chi connectivity index (χ1n) is 11.0. The summed E-state index contributed by atoms with van der Waals surface area (Å²) in [5.74, 6) is -0.283. The van der Waals surface area contributed by atoms with E-state index in [-0.39, 0.29) is 23.9 Å². The van der Waals surface area contributed by atoms with Crippen LogP contribution in [0.4, 0.5) is 24.5 Å². The number of carbonyl (C=O) groups is 2. The van der Waals surface area contributed by atoms with Crippen LogP contribution in [0.15, 0.2) is 30.5 Å². The van der Waals surface area contributed by atoms with Gasteiger partial charge in [0.25, 0.3) is 11.6 Å². The third-order valence-corrected chi connectivity index (χ3v) is 6.21. The van der Waals surface area contributed by atoms with Crippen molar-refractivity contribution in [3.8, 4) is 0 Å². The summed E-state index contributed by atoms with van der Waals surface area (Å²) >= 11 is 0. The Morgan fingerprint density at radius 3 is 2.32 bits per heavy atom. The maximum absolute atomic E-state index is 12.9. The Kier molecular flexibility index (Phi) is 6.60. The molecule has 2 fully saturated rings. The first-order chi connectivity index (χ1) is 16.1. The van der Waals surface area contributed by atoms with Gasteiger partial charge in [0.15, 0.2) is 5.78 Å². The van der Waals surface area contributed by atoms with Crippen LogP contribution < -0.4 is 4.90 Å². The maximum Gasteiger partial charge on any atom is 0.416 e. The Morgan fingerprint density at radius 1 is 1.03 bits per heavy atom. The van der Waals surface area contributed by atoms with Crippen molar-refractivity contribution in [2.45, 2.75) is 19.0 Å². The van der Waals surface area contributed by atoms with Crippen molar-refractivity contribution < 1.29 is 27.7 Å². The highest BCUT2D eigenvalue weighted by atomic mass is 19.4. The average Bonchev–Trinajstić information content (AvgIpc) is 3.51. The smallest absolute Gasteiger partial charge is 0.363 e. The lowest BCUT2D eigenvalue weighted by Gasteiger charge is -2.35. The van der Waals surface area contributed by atoms with E-state index in [9.17, 15) is 32.9 Å². The Hall–Kier alpha value is -3.41. The molecule has 1 aromatic carbocycles. The topological polar surface area (TPSA) is 103 Å². The van der Waals surface area contributed by atoms with E-state index in [0.29, 0.717) is 56.6 Å². The fourth-order valence-corrected chi connectivity index (χ4v) is 4.32. The van der Waals surface area contributed by atoms with E-state index in [4.69, 9.17) is 0 Å². The van der Waals surface area contributed by atoms with Crippen LogP contribution >= 0.6 is 0 Å². The van der Waals surface area contributed by atoms with Gasteiger partial charge in [0, 0.05) is 57.1 Å². The third-order valence-electron chi connectivity index (χ3n) is 6.21. The molecule has 3 heterocycles. The minimum absolute atomic E-state index is 0.109. The lowest BCUT2D eigenvalue weighted by atomic mass is 10.1. The molecule has 0 aliphatic carbocycles. The predicted molar refractivity (Wildman–Crippen MR) is 117 cm³/mol. The van der Waals surface area contributed by atoms with Crippen LogP contribution in [-0.4, -0.2) is 77.2 Å². The van der Waals surface area contributed by atoms with Crippen LogP contribution in [-0.2, 0) is 6.18 Å². The standard InChI is InChI=1S/C22H24F3N5O4/c23-22(24,25)16-3-4-18(19(12-16)30(33)34)28-9-7-27(8-10-28)14-20(31)15-11-17(26-13-15)21(32)29-5-1-2-6-29/h3-4,11-13,26H,1-2,5-10,14H2. The zero-order valence-electron chi connectivity index (χ0n) is 18.3. The number of hydrogen-bond acceptors (Lipinski definition) is 6. The van der Waals surface area contributed by atoms with E-state index in [1.54, 1.807) is 15.9 Å². The largest absolute Gasteiger partial charge is 0.416 e. The molecule has 1 aromatic heterocycles. The van der Waals surface area contributed by atoms with Crippen LogP contribution in [0.2, 0.25) is 0 Å². The van der Waals surface area contributed by atoms with Crippen LogP contribution in [0.1, 0.15) is 39.3 Å². The second kappa shape index (κ2) is 9.45. The molecule has 2 aliphatic rings. The number of anilines is 1. The third kappa shape index (κ3) is 5.06. The van der Waals surface area contributed by atoms with Gasteiger partial charge < -0.3 is 14.8 Å². The summed E-state index contributed by atoms with van der Waals surface area (Å²) < 4.78 is 38.8. The van der Waals surface area contributed by atoms with Crippen LogP contribution in [0, 0.1) is 10.1 Å². The van der Waals surface area contributed by atoms with Crippen molar-refractivity contribution in [2.24, 2.45) is 0 Å². The fourth-order valence-electron chi connectivity index (χ4n) is 4.32. The van der Waals surface area contributed by atoms with E-state index in [1.165, 1.54) is 6.20 Å². The van der Waals surface area contributed by atoms with E-state index in [2.05, 4.69) is 4.98 Å². The van der Waals surface area contributed by atoms with E-state index < -0.39 is 22.4 Å². The summed E-state index contributed by atoms with van der Waals surface area (Å²) in [5.41, 5.74) is -0.754. The number of nitro benzene ring substituents is 1. The average molecular weight is 479 g/mol. The summed E-state index contributed by atoms with van der Waals surface area (Å²) in [6.45, 7) is 3.00. The van der Waals surface area contributed by atoms with Crippen molar-refractivity contribution in [3.63, 3.8) is 0 Å². The van der Waals surface area contributed by atoms with Gasteiger partial charge in [-0.25, -0.2) is 0 Å². The summed E-state index contributed by atoms with van der Waals surface area (Å²) in [7, 11) is 0. The zero-order valence-corrected chi connectivity index (χ0v) is 18.3. The lowest BCUT2D eigenvalue weighted by Crippen LogP contribution is -2.48. The quantitative estimate of drug-likeness (QED) is 0.388. The SMILES string of the molecule is O=C(CN1CCN(c2ccc(C(F)(F)F)cc2[N+](=O)[O-])CC1)c1c[nH]c(C(=O)N2CCCC2)c1. The minimum Gasteiger partial charge on any atom is -0.363 e. The van der Waals surface area contributed by atoms with Gasteiger partial charge in [-0.3, -0.25) is 24.6 Å². The number of piperazine rings is 1. The Bertz CT molecular complexity index is 1090. The number of likely N-dealkylation sites (tertiary alicyclic amines) is 1. The van der Waals surface area contributed by atoms with Gasteiger partial charge >= 0.3 is 6.18 Å². The van der Waals surface area contributed by atoms with Gasteiger partial charge in [-0.15, -0.1) is 0 Å². The lowest BCUT2D eigenvalue weighted by molar-refractivity contribution is -0.384. The number of alkyl halides is 3. The molecule has 0 bridgehead atoms. The number of ketones is 1. The molecule has 2 aromatic rings. The molecule has 0 atom stereocenters. The number of halogens is 3. The second-order valence-corrected chi connectivity index (χ2v) is 8.45. The number of benzene rings is 1. The van der Waals surface area contributed by atoms with Gasteiger partial charge in [-0.05, 0) is 31.0 Å². The molecule has 4 rings (SSSR count). The minimum atomic E-state index is -4.67. The molecule has 1 amide bonds. The molecule has 9 nitrogen and oxygen atoms in total. The number of nitro groups is 1. The van der Waals surface area contributed by atoms with E-state index >= 15 is 0 Å². The van der Waals surface area contributed by atoms with Crippen molar-refractivity contribution in [1.82, 2.24) is 14.8 Å². The number of hydrogen-bond donors (Lipinski definition) is 1. The molecule has 0 radical (unpaired) electrons.